The maximum absolute atomic E-state index is 12.3. The summed E-state index contributed by atoms with van der Waals surface area (Å²) >= 11 is 0. The third-order valence-electron chi connectivity index (χ3n) is 12.4. The molecular weight excluding hydrogens is 669 g/mol. The van der Waals surface area contributed by atoms with E-state index < -0.39 is 0 Å². The smallest absolute Gasteiger partial charge is 0.245 e. The second-order valence-electron chi connectivity index (χ2n) is 15.4. The van der Waals surface area contributed by atoms with Crippen LogP contribution in [-0.4, -0.2) is 108 Å². The summed E-state index contributed by atoms with van der Waals surface area (Å²) in [5.74, 6) is 1.73. The highest BCUT2D eigenvalue weighted by molar-refractivity contribution is 5.88. The van der Waals surface area contributed by atoms with Crippen LogP contribution in [0.15, 0.2) is 31.4 Å². The average Bonchev–Trinajstić information content (AvgIpc) is 3.85. The van der Waals surface area contributed by atoms with Crippen LogP contribution in [0.5, 0.6) is 0 Å². The maximum atomic E-state index is 12.3. The van der Waals surface area contributed by atoms with Crippen molar-refractivity contribution in [1.82, 2.24) is 24.7 Å². The number of nitrogens with zero attached hydrogens (tertiary/aromatic N) is 8. The van der Waals surface area contributed by atoms with Gasteiger partial charge in [0.25, 0.3) is 0 Å². The minimum absolute atomic E-state index is 0.00850. The van der Waals surface area contributed by atoms with Gasteiger partial charge in [-0.05, 0) is 81.2 Å². The van der Waals surface area contributed by atoms with Crippen LogP contribution in [0, 0.1) is 23.7 Å². The lowest BCUT2D eigenvalue weighted by Gasteiger charge is -2.47. The number of carbonyl (C=O) groups excluding carboxylic acids is 1. The van der Waals surface area contributed by atoms with E-state index in [0.29, 0.717) is 17.1 Å². The molecule has 1 atom stereocenters. The number of likely N-dealkylation sites (N-methyl/N-ethyl adjacent to an activating group) is 1. The van der Waals surface area contributed by atoms with Crippen molar-refractivity contribution in [3.05, 3.63) is 53.6 Å². The molecule has 0 N–H and O–H groups in total. The van der Waals surface area contributed by atoms with Gasteiger partial charge in [-0.2, -0.15) is 10.2 Å². The molecule has 1 amide bonds. The van der Waals surface area contributed by atoms with Crippen molar-refractivity contribution < 1.29 is 4.79 Å². The topological polar surface area (TPSA) is 82.8 Å². The first-order valence-corrected chi connectivity index (χ1v) is 21.1. The molecule has 1 aliphatic carbocycles. The molecule has 1 unspecified atom stereocenters. The molecule has 4 saturated heterocycles. The van der Waals surface area contributed by atoms with Crippen molar-refractivity contribution in [2.45, 2.75) is 118 Å². The number of benzene rings is 1. The fourth-order valence-corrected chi connectivity index (χ4v) is 9.01. The molecule has 5 fully saturated rings. The molecule has 1 aromatic heterocycles. The summed E-state index contributed by atoms with van der Waals surface area (Å²) < 4.78 is 0. The van der Waals surface area contributed by atoms with Crippen molar-refractivity contribution in [2.75, 3.05) is 75.8 Å². The van der Waals surface area contributed by atoms with Crippen LogP contribution in [0.2, 0.25) is 0 Å². The number of piperazine rings is 1. The quantitative estimate of drug-likeness (QED) is 0.250. The lowest BCUT2D eigenvalue weighted by atomic mass is 9.79. The van der Waals surface area contributed by atoms with Gasteiger partial charge in [-0.1, -0.05) is 86.8 Å². The van der Waals surface area contributed by atoms with Gasteiger partial charge >= 0.3 is 0 Å². The average molecular weight is 739 g/mol. The van der Waals surface area contributed by atoms with Gasteiger partial charge in [-0.25, -0.2) is 4.98 Å². The monoisotopic (exact) mass is 739 g/mol. The Hall–Kier alpha value is -3.74. The third-order valence-corrected chi connectivity index (χ3v) is 12.4. The Balaban J connectivity index is 0.00000103. The van der Waals surface area contributed by atoms with E-state index in [1.165, 1.54) is 31.0 Å². The van der Waals surface area contributed by atoms with Crippen molar-refractivity contribution in [1.29, 1.82) is 5.26 Å². The fourth-order valence-electron chi connectivity index (χ4n) is 9.01. The summed E-state index contributed by atoms with van der Waals surface area (Å²) in [6, 6.07) is 7.46. The van der Waals surface area contributed by atoms with Gasteiger partial charge in [0.1, 0.15) is 11.6 Å². The Kier molecular flexibility index (Phi) is 14.9. The van der Waals surface area contributed by atoms with Crippen molar-refractivity contribution in [3.8, 4) is 17.3 Å². The first-order chi connectivity index (χ1) is 26.1. The predicted octanol–water partition coefficient (Wildman–Crippen LogP) is 8.53. The lowest BCUT2D eigenvalue weighted by molar-refractivity contribution is -0.136. The Morgan fingerprint density at radius 3 is 2.19 bits per heavy atom. The Bertz CT molecular complexity index is 1640. The highest BCUT2D eigenvalue weighted by atomic mass is 16.2. The number of likely N-dealkylation sites (tertiary alicyclic amines) is 1. The lowest BCUT2D eigenvalue weighted by Crippen LogP contribution is -2.59. The second kappa shape index (κ2) is 18.7. The molecule has 0 bridgehead atoms. The minimum Gasteiger partial charge on any atom is -0.355 e. The Labute approximate surface area is 328 Å². The molecule has 2 aromatic rings. The molecular formula is C45H70N8O. The molecule has 9 nitrogen and oxygen atoms in total. The second-order valence-corrected chi connectivity index (χ2v) is 15.4. The molecule has 0 radical (unpaired) electrons. The SMILES string of the molecule is C=CC(=O)N1CC2(CCN(c3nc(N4CCC(N5CCN(C)C6(CC6)C5)CC4)nc(-c4c(C)ccc(C=C)c4C(C)CC)c3C#N)C2)C1.CC.CC.CC. The number of hydrogen-bond donors (Lipinski definition) is 0. The molecule has 4 aliphatic heterocycles. The van der Waals surface area contributed by atoms with Crippen LogP contribution < -0.4 is 9.80 Å². The summed E-state index contributed by atoms with van der Waals surface area (Å²) in [7, 11) is 2.30. The fraction of sp³-hybridized carbons (Fsp3) is 0.644. The number of aryl methyl sites for hydroxylation is 1. The number of hydrogen-bond acceptors (Lipinski definition) is 8. The molecule has 5 heterocycles. The Morgan fingerprint density at radius 2 is 1.61 bits per heavy atom. The number of carbonyl (C=O) groups is 1. The minimum atomic E-state index is -0.00850. The first-order valence-electron chi connectivity index (χ1n) is 21.1. The largest absolute Gasteiger partial charge is 0.355 e. The number of aromatic nitrogens is 2. The number of anilines is 2. The standard InChI is InChI=1S/C39H52N8O.3C2H6/c1-7-27(4)33-29(8-2)11-10-28(5)34(33)35-31(22-40)36(46-19-16-38(23-46)24-47(25-38)32(48)9-3)42-37(41-35)44-17-12-30(13-18-44)45-21-20-43(6)39(26-45)14-15-39;3*1-2/h8-11,27,30H,2-3,7,12-21,23-26H2,1,4-6H3;3*1-2H3. The molecule has 9 heteroatoms. The van der Waals surface area contributed by atoms with Crippen molar-refractivity contribution >= 4 is 23.7 Å². The maximum Gasteiger partial charge on any atom is 0.245 e. The first kappa shape index (κ1) is 43.0. The molecule has 2 spiro atoms. The zero-order valence-electron chi connectivity index (χ0n) is 35.5. The third kappa shape index (κ3) is 8.40. The highest BCUT2D eigenvalue weighted by Crippen LogP contribution is 2.46. The van der Waals surface area contributed by atoms with E-state index in [0.717, 1.165) is 112 Å². The summed E-state index contributed by atoms with van der Waals surface area (Å²) in [6.45, 7) is 34.8. The van der Waals surface area contributed by atoms with Crippen molar-refractivity contribution in [2.24, 2.45) is 5.41 Å². The summed E-state index contributed by atoms with van der Waals surface area (Å²) in [5.41, 5.74) is 6.19. The van der Waals surface area contributed by atoms with Crippen molar-refractivity contribution in [3.63, 3.8) is 0 Å². The summed E-state index contributed by atoms with van der Waals surface area (Å²) in [4.78, 5) is 34.8. The van der Waals surface area contributed by atoms with Gasteiger partial charge in [0.05, 0.1) is 5.69 Å². The molecule has 1 saturated carbocycles. The van der Waals surface area contributed by atoms with Crippen LogP contribution >= 0.6 is 0 Å². The van der Waals surface area contributed by atoms with E-state index in [1.54, 1.807) is 0 Å². The van der Waals surface area contributed by atoms with E-state index >= 15 is 0 Å². The van der Waals surface area contributed by atoms with Gasteiger partial charge in [0.2, 0.25) is 11.9 Å². The van der Waals surface area contributed by atoms with Crippen LogP contribution in [0.3, 0.4) is 0 Å². The molecule has 54 heavy (non-hydrogen) atoms. The zero-order valence-corrected chi connectivity index (χ0v) is 35.5. The van der Waals surface area contributed by atoms with E-state index in [-0.39, 0.29) is 17.2 Å². The zero-order chi connectivity index (χ0) is 39.8. The molecule has 296 valence electrons. The van der Waals surface area contributed by atoms with E-state index in [1.807, 2.05) is 52.5 Å². The van der Waals surface area contributed by atoms with Gasteiger partial charge in [0.15, 0.2) is 5.82 Å². The summed E-state index contributed by atoms with van der Waals surface area (Å²) in [5, 5.41) is 10.9. The Morgan fingerprint density at radius 1 is 0.944 bits per heavy atom. The van der Waals surface area contributed by atoms with Gasteiger partial charge in [-0.15, -0.1) is 0 Å². The van der Waals surface area contributed by atoms with E-state index in [2.05, 4.69) is 78.8 Å². The van der Waals surface area contributed by atoms with Crippen LogP contribution in [-0.2, 0) is 4.79 Å². The van der Waals surface area contributed by atoms with Crippen LogP contribution in [0.1, 0.15) is 122 Å². The number of amides is 1. The van der Waals surface area contributed by atoms with E-state index in [4.69, 9.17) is 9.97 Å². The van der Waals surface area contributed by atoms with Crippen LogP contribution in [0.25, 0.3) is 17.3 Å². The van der Waals surface area contributed by atoms with Gasteiger partial charge in [0, 0.05) is 81.5 Å². The molecule has 7 rings (SSSR count). The highest BCUT2D eigenvalue weighted by Gasteiger charge is 2.51. The van der Waals surface area contributed by atoms with E-state index in [9.17, 15) is 10.1 Å². The number of piperidine rings is 1. The normalized spacial score (nSPS) is 20.6. The van der Waals surface area contributed by atoms with Gasteiger partial charge < -0.3 is 14.7 Å². The van der Waals surface area contributed by atoms with Gasteiger partial charge in [-0.3, -0.25) is 14.6 Å². The molecule has 1 aromatic carbocycles. The summed E-state index contributed by atoms with van der Waals surface area (Å²) in [6.07, 6.45) is 10.1. The number of nitriles is 1. The number of rotatable bonds is 8. The van der Waals surface area contributed by atoms with Crippen LogP contribution in [0.4, 0.5) is 11.8 Å². The molecule has 5 aliphatic rings. The predicted molar refractivity (Wildman–Crippen MR) is 227 cm³/mol.